The van der Waals surface area contributed by atoms with Gasteiger partial charge in [-0.25, -0.2) is 5.11 Å². The molecule has 0 atom stereocenters. The summed E-state index contributed by atoms with van der Waals surface area (Å²) in [6.45, 7) is 1.55. The zero-order valence-electron chi connectivity index (χ0n) is 4.60. The molecule has 2 nitrogen and oxygen atoms in total. The van der Waals surface area contributed by atoms with E-state index in [2.05, 4.69) is 4.74 Å². The third kappa shape index (κ3) is 3.33. The summed E-state index contributed by atoms with van der Waals surface area (Å²) in [4.78, 5) is 0. The monoisotopic (exact) mass is 101 g/mol. The second-order valence-electron chi connectivity index (χ2n) is 1.19. The Balaban J connectivity index is 3.29. The smallest absolute Gasteiger partial charge is 0.104 e. The van der Waals surface area contributed by atoms with Crippen molar-refractivity contribution in [3.05, 3.63) is 11.8 Å². The predicted octanol–water partition coefficient (Wildman–Crippen LogP) is 0.967. The van der Waals surface area contributed by atoms with E-state index in [1.54, 1.807) is 14.0 Å². The van der Waals surface area contributed by atoms with E-state index in [1.807, 2.05) is 0 Å². The van der Waals surface area contributed by atoms with E-state index >= 15 is 0 Å². The first-order valence-electron chi connectivity index (χ1n) is 2.10. The van der Waals surface area contributed by atoms with Gasteiger partial charge in [-0.3, -0.25) is 0 Å². The molecule has 0 bridgehead atoms. The number of hydrogen-bond acceptors (Lipinski definition) is 1. The maximum atomic E-state index is 9.74. The Bertz CT molecular complexity index is 66.5. The van der Waals surface area contributed by atoms with Crippen LogP contribution in [-0.4, -0.2) is 13.7 Å². The van der Waals surface area contributed by atoms with Gasteiger partial charge in [-0.2, -0.15) is 0 Å². The van der Waals surface area contributed by atoms with Crippen molar-refractivity contribution in [3.63, 3.8) is 0 Å². The van der Waals surface area contributed by atoms with E-state index in [9.17, 15) is 5.11 Å². The molecule has 0 saturated heterocycles. The van der Waals surface area contributed by atoms with E-state index in [-0.39, 0.29) is 6.61 Å². The highest BCUT2D eigenvalue weighted by Crippen LogP contribution is 1.88. The first-order chi connectivity index (χ1) is 3.31. The highest BCUT2D eigenvalue weighted by molar-refractivity contribution is 4.86. The molecule has 0 aliphatic rings. The van der Waals surface area contributed by atoms with Crippen molar-refractivity contribution in [2.45, 2.75) is 6.92 Å². The first kappa shape index (κ1) is 6.50. The van der Waals surface area contributed by atoms with E-state index in [0.29, 0.717) is 5.76 Å². The van der Waals surface area contributed by atoms with Gasteiger partial charge in [0.2, 0.25) is 0 Å². The zero-order chi connectivity index (χ0) is 5.70. The molecule has 0 aliphatic heterocycles. The maximum absolute atomic E-state index is 9.74. The summed E-state index contributed by atoms with van der Waals surface area (Å²) in [6.07, 6.45) is 1.49. The summed E-state index contributed by atoms with van der Waals surface area (Å²) in [6, 6.07) is 0. The fraction of sp³-hybridized carbons (Fsp3) is 0.600. The van der Waals surface area contributed by atoms with Crippen LogP contribution in [0.2, 0.25) is 0 Å². The Kier molecular flexibility index (Phi) is 3.42. The van der Waals surface area contributed by atoms with Crippen molar-refractivity contribution in [2.75, 3.05) is 13.7 Å². The molecule has 0 aliphatic carbocycles. The number of rotatable bonds is 2. The van der Waals surface area contributed by atoms with Crippen molar-refractivity contribution in [2.24, 2.45) is 0 Å². The largest absolute Gasteiger partial charge is 0.502 e. The lowest BCUT2D eigenvalue weighted by Crippen LogP contribution is -1.80. The van der Waals surface area contributed by atoms with Crippen molar-refractivity contribution < 1.29 is 9.84 Å². The standard InChI is InChI=1S/C5H9O2/c1-5(7-2)3-4-6/h3H,4H2,1-2H3/b5-3-. The Morgan fingerprint density at radius 1 is 1.86 bits per heavy atom. The second kappa shape index (κ2) is 3.68. The summed E-state index contributed by atoms with van der Waals surface area (Å²) >= 11 is 0. The minimum absolute atomic E-state index is 0.195. The third-order valence-electron chi connectivity index (χ3n) is 0.693. The lowest BCUT2D eigenvalue weighted by Gasteiger charge is -1.92. The molecule has 0 unspecified atom stereocenters. The normalized spacial score (nSPS) is 11.6. The van der Waals surface area contributed by atoms with Gasteiger partial charge in [-0.1, -0.05) is 0 Å². The molecule has 0 aromatic heterocycles. The van der Waals surface area contributed by atoms with Crippen LogP contribution in [-0.2, 0) is 9.84 Å². The highest BCUT2D eigenvalue weighted by atomic mass is 16.5. The minimum Gasteiger partial charge on any atom is -0.502 e. The summed E-state index contributed by atoms with van der Waals surface area (Å²) < 4.78 is 4.65. The fourth-order valence-electron chi connectivity index (χ4n) is 0.201. The Labute approximate surface area is 43.4 Å². The molecular formula is C5H9O2. The topological polar surface area (TPSA) is 29.1 Å². The summed E-state index contributed by atoms with van der Waals surface area (Å²) in [5.41, 5.74) is 0. The van der Waals surface area contributed by atoms with Gasteiger partial charge in [0.1, 0.15) is 6.61 Å². The Hall–Kier alpha value is -0.500. The van der Waals surface area contributed by atoms with Crippen LogP contribution in [0.5, 0.6) is 0 Å². The number of ether oxygens (including phenoxy) is 1. The highest BCUT2D eigenvalue weighted by Gasteiger charge is 1.78. The van der Waals surface area contributed by atoms with Gasteiger partial charge in [-0.15, -0.1) is 0 Å². The van der Waals surface area contributed by atoms with E-state index in [4.69, 9.17) is 0 Å². The molecule has 0 fully saturated rings. The molecule has 0 heterocycles. The van der Waals surface area contributed by atoms with Crippen LogP contribution in [0, 0.1) is 0 Å². The lowest BCUT2D eigenvalue weighted by molar-refractivity contribution is 0.221. The quantitative estimate of drug-likeness (QED) is 0.476. The second-order valence-corrected chi connectivity index (χ2v) is 1.19. The van der Waals surface area contributed by atoms with Gasteiger partial charge in [0.05, 0.1) is 12.9 Å². The molecular weight excluding hydrogens is 92.1 g/mol. The number of hydrogen-bond donors (Lipinski definition) is 0. The molecule has 0 aromatic rings. The van der Waals surface area contributed by atoms with Crippen molar-refractivity contribution in [3.8, 4) is 0 Å². The van der Waals surface area contributed by atoms with Gasteiger partial charge >= 0.3 is 0 Å². The third-order valence-corrected chi connectivity index (χ3v) is 0.693. The van der Waals surface area contributed by atoms with Crippen molar-refractivity contribution in [1.82, 2.24) is 0 Å². The van der Waals surface area contributed by atoms with Gasteiger partial charge in [0.15, 0.2) is 0 Å². The van der Waals surface area contributed by atoms with Crippen LogP contribution in [0.15, 0.2) is 11.8 Å². The Morgan fingerprint density at radius 3 is 2.57 bits per heavy atom. The summed E-state index contributed by atoms with van der Waals surface area (Å²) in [5.74, 6) is 0.690. The van der Waals surface area contributed by atoms with Crippen molar-refractivity contribution in [1.29, 1.82) is 0 Å². The average molecular weight is 101 g/mol. The Morgan fingerprint density at radius 2 is 2.43 bits per heavy atom. The van der Waals surface area contributed by atoms with Gasteiger partial charge in [0.25, 0.3) is 0 Å². The van der Waals surface area contributed by atoms with Crippen LogP contribution in [0.4, 0.5) is 0 Å². The van der Waals surface area contributed by atoms with E-state index < -0.39 is 0 Å². The first-order valence-corrected chi connectivity index (χ1v) is 2.10. The molecule has 41 valence electrons. The van der Waals surface area contributed by atoms with Crippen LogP contribution in [0.1, 0.15) is 6.92 Å². The maximum Gasteiger partial charge on any atom is 0.104 e. The molecule has 0 N–H and O–H groups in total. The van der Waals surface area contributed by atoms with E-state index in [1.165, 1.54) is 6.08 Å². The zero-order valence-corrected chi connectivity index (χ0v) is 4.60. The average Bonchev–Trinajstić information content (AvgIpc) is 1.68. The summed E-state index contributed by atoms with van der Waals surface area (Å²) in [7, 11) is 1.54. The molecule has 0 spiro atoms. The van der Waals surface area contributed by atoms with Gasteiger partial charge in [0, 0.05) is 0 Å². The SMILES string of the molecule is CO/C(C)=C\C[O]. The fourth-order valence-corrected chi connectivity index (χ4v) is 0.201. The molecule has 2 heteroatoms. The molecule has 1 radical (unpaired) electrons. The van der Waals surface area contributed by atoms with Gasteiger partial charge in [-0.05, 0) is 13.0 Å². The number of allylic oxidation sites excluding steroid dienone is 1. The molecule has 7 heavy (non-hydrogen) atoms. The van der Waals surface area contributed by atoms with Crippen LogP contribution < -0.4 is 0 Å². The van der Waals surface area contributed by atoms with Gasteiger partial charge < -0.3 is 4.74 Å². The molecule has 0 aromatic carbocycles. The van der Waals surface area contributed by atoms with Crippen LogP contribution >= 0.6 is 0 Å². The summed E-state index contributed by atoms with van der Waals surface area (Å²) in [5, 5.41) is 9.74. The predicted molar refractivity (Wildman–Crippen MR) is 26.3 cm³/mol. The number of methoxy groups -OCH3 is 1. The molecule has 0 rings (SSSR count). The lowest BCUT2D eigenvalue weighted by atomic mass is 10.5. The van der Waals surface area contributed by atoms with Crippen LogP contribution in [0.3, 0.4) is 0 Å². The molecule has 0 saturated carbocycles. The minimum atomic E-state index is -0.195. The van der Waals surface area contributed by atoms with Crippen molar-refractivity contribution >= 4 is 0 Å². The van der Waals surface area contributed by atoms with Crippen LogP contribution in [0.25, 0.3) is 0 Å². The van der Waals surface area contributed by atoms with E-state index in [0.717, 1.165) is 0 Å². The molecule has 0 amide bonds.